The maximum Gasteiger partial charge on any atom is 0.337 e. The molecule has 0 fully saturated rings. The largest absolute Gasteiger partial charge is 0.478 e. The third-order valence-corrected chi connectivity index (χ3v) is 3.07. The van der Waals surface area contributed by atoms with E-state index in [0.29, 0.717) is 18.0 Å². The molecule has 0 aliphatic carbocycles. The minimum Gasteiger partial charge on any atom is -0.478 e. The maximum atomic E-state index is 12.3. The third kappa shape index (κ3) is 3.28. The second-order valence-electron chi connectivity index (χ2n) is 4.81. The Morgan fingerprint density at radius 2 is 1.95 bits per heavy atom. The molecule has 21 heavy (non-hydrogen) atoms. The molecule has 0 saturated carbocycles. The minimum atomic E-state index is -1.06. The fourth-order valence-electron chi connectivity index (χ4n) is 1.98. The van der Waals surface area contributed by atoms with Gasteiger partial charge in [-0.3, -0.25) is 4.79 Å². The summed E-state index contributed by atoms with van der Waals surface area (Å²) < 4.78 is 5.42. The zero-order valence-corrected chi connectivity index (χ0v) is 12.1. The van der Waals surface area contributed by atoms with Crippen molar-refractivity contribution in [1.82, 2.24) is 9.88 Å². The van der Waals surface area contributed by atoms with Gasteiger partial charge in [0.2, 0.25) is 0 Å². The highest BCUT2D eigenvalue weighted by Gasteiger charge is 2.17. The monoisotopic (exact) mass is 288 g/mol. The number of carboxylic acids is 1. The molecule has 6 heteroatoms. The van der Waals surface area contributed by atoms with Crippen LogP contribution in [0.15, 0.2) is 28.7 Å². The molecule has 0 radical (unpaired) electrons. The molecule has 2 heterocycles. The molecule has 0 atom stereocenters. The van der Waals surface area contributed by atoms with Crippen LogP contribution in [0.4, 0.5) is 0 Å². The van der Waals surface area contributed by atoms with Gasteiger partial charge in [-0.2, -0.15) is 0 Å². The van der Waals surface area contributed by atoms with Gasteiger partial charge in [0.15, 0.2) is 0 Å². The molecule has 110 valence electrons. The number of hydrogen-bond donors (Lipinski definition) is 1. The lowest BCUT2D eigenvalue weighted by Crippen LogP contribution is -2.27. The predicted octanol–water partition coefficient (Wildman–Crippen LogP) is 2.26. The van der Waals surface area contributed by atoms with Gasteiger partial charge in [-0.25, -0.2) is 9.78 Å². The summed E-state index contributed by atoms with van der Waals surface area (Å²) in [6.45, 7) is 3.73. The third-order valence-electron chi connectivity index (χ3n) is 3.07. The van der Waals surface area contributed by atoms with Crippen LogP contribution in [-0.4, -0.2) is 33.9 Å². The highest BCUT2D eigenvalue weighted by atomic mass is 16.4. The molecule has 0 bridgehead atoms. The van der Waals surface area contributed by atoms with Gasteiger partial charge in [0.25, 0.3) is 5.91 Å². The number of aromatic carboxylic acids is 1. The lowest BCUT2D eigenvalue weighted by molar-refractivity contribution is 0.0692. The Morgan fingerprint density at radius 3 is 2.48 bits per heavy atom. The van der Waals surface area contributed by atoms with Crippen LogP contribution in [0.1, 0.15) is 38.1 Å². The quantitative estimate of drug-likeness (QED) is 0.933. The SMILES string of the molecule is Cc1ccc(CN(C)C(=O)c2ccc(C(=O)O)c(C)n2)o1. The van der Waals surface area contributed by atoms with Crippen LogP contribution < -0.4 is 0 Å². The summed E-state index contributed by atoms with van der Waals surface area (Å²) in [7, 11) is 1.64. The first kappa shape index (κ1) is 14.8. The van der Waals surface area contributed by atoms with Crippen molar-refractivity contribution in [3.63, 3.8) is 0 Å². The van der Waals surface area contributed by atoms with Crippen molar-refractivity contribution in [3.05, 3.63) is 52.7 Å². The molecule has 0 aromatic carbocycles. The van der Waals surface area contributed by atoms with E-state index in [-0.39, 0.29) is 17.2 Å². The standard InChI is InChI=1S/C15H16N2O4/c1-9-4-5-11(21-9)8-17(3)14(18)13-7-6-12(15(19)20)10(2)16-13/h4-7H,8H2,1-3H3,(H,19,20). The maximum absolute atomic E-state index is 12.3. The summed E-state index contributed by atoms with van der Waals surface area (Å²) in [5, 5.41) is 8.95. The van der Waals surface area contributed by atoms with E-state index < -0.39 is 5.97 Å². The smallest absolute Gasteiger partial charge is 0.337 e. The molecule has 6 nitrogen and oxygen atoms in total. The number of pyridine rings is 1. The summed E-state index contributed by atoms with van der Waals surface area (Å²) in [6.07, 6.45) is 0. The van der Waals surface area contributed by atoms with Gasteiger partial charge >= 0.3 is 5.97 Å². The number of aromatic nitrogens is 1. The molecule has 2 rings (SSSR count). The molecule has 1 amide bonds. The van der Waals surface area contributed by atoms with E-state index in [0.717, 1.165) is 5.76 Å². The Morgan fingerprint density at radius 1 is 1.24 bits per heavy atom. The number of hydrogen-bond acceptors (Lipinski definition) is 4. The second-order valence-corrected chi connectivity index (χ2v) is 4.81. The Balaban J connectivity index is 2.15. The summed E-state index contributed by atoms with van der Waals surface area (Å²) >= 11 is 0. The molecule has 0 spiro atoms. The number of carbonyl (C=O) groups is 2. The number of nitrogens with zero attached hydrogens (tertiary/aromatic N) is 2. The van der Waals surface area contributed by atoms with E-state index in [9.17, 15) is 9.59 Å². The van der Waals surface area contributed by atoms with Gasteiger partial charge < -0.3 is 14.4 Å². The summed E-state index contributed by atoms with van der Waals surface area (Å²) in [5.74, 6) is 0.121. The van der Waals surface area contributed by atoms with Gasteiger partial charge in [0, 0.05) is 7.05 Å². The van der Waals surface area contributed by atoms with Crippen molar-refractivity contribution in [2.24, 2.45) is 0 Å². The van der Waals surface area contributed by atoms with E-state index >= 15 is 0 Å². The van der Waals surface area contributed by atoms with Crippen LogP contribution in [0.2, 0.25) is 0 Å². The second kappa shape index (κ2) is 5.78. The first-order valence-electron chi connectivity index (χ1n) is 6.40. The Hall–Kier alpha value is -2.63. The lowest BCUT2D eigenvalue weighted by Gasteiger charge is -2.15. The van der Waals surface area contributed by atoms with E-state index in [1.165, 1.54) is 17.0 Å². The van der Waals surface area contributed by atoms with Gasteiger partial charge in [-0.1, -0.05) is 0 Å². The van der Waals surface area contributed by atoms with Crippen LogP contribution in [0, 0.1) is 13.8 Å². The van der Waals surface area contributed by atoms with Crippen LogP contribution >= 0.6 is 0 Å². The first-order chi connectivity index (χ1) is 9.88. The molecule has 0 saturated heterocycles. The summed E-state index contributed by atoms with van der Waals surface area (Å²) in [5.41, 5.74) is 0.620. The Bertz CT molecular complexity index is 691. The average Bonchev–Trinajstić information content (AvgIpc) is 2.82. The molecule has 0 unspecified atom stereocenters. The van der Waals surface area contributed by atoms with Crippen molar-refractivity contribution in [3.8, 4) is 0 Å². The highest BCUT2D eigenvalue weighted by Crippen LogP contribution is 2.12. The van der Waals surface area contributed by atoms with E-state index in [2.05, 4.69) is 4.98 Å². The number of carbonyl (C=O) groups excluding carboxylic acids is 1. The number of aryl methyl sites for hydroxylation is 2. The van der Waals surface area contributed by atoms with Gasteiger partial charge in [0.05, 0.1) is 17.8 Å². The van der Waals surface area contributed by atoms with E-state index in [1.54, 1.807) is 14.0 Å². The van der Waals surface area contributed by atoms with Crippen LogP contribution in [0.3, 0.4) is 0 Å². The normalized spacial score (nSPS) is 10.4. The predicted molar refractivity (Wildman–Crippen MR) is 75.2 cm³/mol. The van der Waals surface area contributed by atoms with Crippen LogP contribution in [0.5, 0.6) is 0 Å². The zero-order chi connectivity index (χ0) is 15.6. The number of rotatable bonds is 4. The van der Waals surface area contributed by atoms with E-state index in [1.807, 2.05) is 19.1 Å². The lowest BCUT2D eigenvalue weighted by atomic mass is 10.2. The topological polar surface area (TPSA) is 83.6 Å². The van der Waals surface area contributed by atoms with Crippen molar-refractivity contribution in [1.29, 1.82) is 0 Å². The van der Waals surface area contributed by atoms with Crippen molar-refractivity contribution >= 4 is 11.9 Å². The molecule has 0 aliphatic rings. The molecule has 1 N–H and O–H groups in total. The van der Waals surface area contributed by atoms with Crippen LogP contribution in [0.25, 0.3) is 0 Å². The molecule has 0 aliphatic heterocycles. The summed E-state index contributed by atoms with van der Waals surface area (Å²) in [6, 6.07) is 6.45. The van der Waals surface area contributed by atoms with Crippen molar-refractivity contribution in [2.45, 2.75) is 20.4 Å². The molecular formula is C15H16N2O4. The minimum absolute atomic E-state index is 0.0934. The fraction of sp³-hybridized carbons (Fsp3) is 0.267. The van der Waals surface area contributed by atoms with Crippen molar-refractivity contribution < 1.29 is 19.1 Å². The van der Waals surface area contributed by atoms with Crippen LogP contribution in [-0.2, 0) is 6.54 Å². The Kier molecular flexibility index (Phi) is 4.07. The number of furan rings is 1. The molecular weight excluding hydrogens is 272 g/mol. The Labute approximate surface area is 122 Å². The number of carboxylic acid groups (broad SMARTS) is 1. The average molecular weight is 288 g/mol. The van der Waals surface area contributed by atoms with E-state index in [4.69, 9.17) is 9.52 Å². The zero-order valence-electron chi connectivity index (χ0n) is 12.1. The van der Waals surface area contributed by atoms with Gasteiger partial charge in [-0.15, -0.1) is 0 Å². The number of amides is 1. The fourth-order valence-corrected chi connectivity index (χ4v) is 1.98. The summed E-state index contributed by atoms with van der Waals surface area (Å²) in [4.78, 5) is 28.7. The first-order valence-corrected chi connectivity index (χ1v) is 6.40. The van der Waals surface area contributed by atoms with Gasteiger partial charge in [0.1, 0.15) is 17.2 Å². The molecule has 2 aromatic heterocycles. The van der Waals surface area contributed by atoms with Crippen molar-refractivity contribution in [2.75, 3.05) is 7.05 Å². The van der Waals surface area contributed by atoms with Gasteiger partial charge in [-0.05, 0) is 38.1 Å². The highest BCUT2D eigenvalue weighted by molar-refractivity contribution is 5.94. The molecule has 2 aromatic rings.